The largest absolute Gasteiger partial charge is 0.324 e. The van der Waals surface area contributed by atoms with Crippen molar-refractivity contribution >= 4 is 45.9 Å². The first kappa shape index (κ1) is 15.0. The molecule has 0 N–H and O–H groups in total. The van der Waals surface area contributed by atoms with Crippen molar-refractivity contribution < 1.29 is 4.92 Å². The smallest absolute Gasteiger partial charge is 0.291 e. The Labute approximate surface area is 129 Å². The highest BCUT2D eigenvalue weighted by atomic mass is 35.5. The summed E-state index contributed by atoms with van der Waals surface area (Å²) in [6, 6.07) is 10.9. The van der Waals surface area contributed by atoms with Crippen LogP contribution >= 0.6 is 34.7 Å². The molecule has 0 saturated heterocycles. The predicted molar refractivity (Wildman–Crippen MR) is 85.6 cm³/mol. The normalized spacial score (nSPS) is 11.1. The van der Waals surface area contributed by atoms with Crippen molar-refractivity contribution in [2.75, 3.05) is 12.3 Å². The number of nitro groups is 1. The van der Waals surface area contributed by atoms with Crippen molar-refractivity contribution in [3.05, 3.63) is 56.4 Å². The summed E-state index contributed by atoms with van der Waals surface area (Å²) in [5.74, 6) is 0.853. The zero-order valence-electron chi connectivity index (χ0n) is 10.4. The number of rotatable bonds is 6. The SMILES string of the molecule is O=[N+]([O-])c1ccc(C=NCCSc2ccc(Cl)cc2)s1. The number of hydrogen-bond donors (Lipinski definition) is 0. The zero-order valence-corrected chi connectivity index (χ0v) is 12.7. The lowest BCUT2D eigenvalue weighted by molar-refractivity contribution is -0.380. The minimum absolute atomic E-state index is 0.141. The van der Waals surface area contributed by atoms with E-state index in [2.05, 4.69) is 4.99 Å². The van der Waals surface area contributed by atoms with Crippen molar-refractivity contribution in [3.8, 4) is 0 Å². The van der Waals surface area contributed by atoms with Crippen LogP contribution in [0, 0.1) is 10.1 Å². The van der Waals surface area contributed by atoms with Crippen LogP contribution in [0.3, 0.4) is 0 Å². The molecule has 1 aromatic carbocycles. The van der Waals surface area contributed by atoms with Crippen LogP contribution in [0.2, 0.25) is 5.02 Å². The Kier molecular flexibility index (Phi) is 5.58. The first-order valence-corrected chi connectivity index (χ1v) is 7.95. The van der Waals surface area contributed by atoms with Gasteiger partial charge in [0.1, 0.15) is 0 Å². The van der Waals surface area contributed by atoms with Crippen molar-refractivity contribution in [2.45, 2.75) is 4.90 Å². The summed E-state index contributed by atoms with van der Waals surface area (Å²) in [6.45, 7) is 0.666. The number of halogens is 1. The van der Waals surface area contributed by atoms with Crippen LogP contribution in [0.1, 0.15) is 4.88 Å². The van der Waals surface area contributed by atoms with E-state index in [-0.39, 0.29) is 5.00 Å². The molecule has 0 saturated carbocycles. The molecule has 1 heterocycles. The second kappa shape index (κ2) is 7.42. The Bertz CT molecular complexity index is 611. The molecule has 4 nitrogen and oxygen atoms in total. The molecule has 7 heteroatoms. The lowest BCUT2D eigenvalue weighted by atomic mass is 10.4. The van der Waals surface area contributed by atoms with E-state index in [0.717, 1.165) is 31.9 Å². The minimum Gasteiger partial charge on any atom is -0.291 e. The van der Waals surface area contributed by atoms with Gasteiger partial charge >= 0.3 is 5.00 Å². The van der Waals surface area contributed by atoms with E-state index in [4.69, 9.17) is 11.6 Å². The molecule has 0 bridgehead atoms. The van der Waals surface area contributed by atoms with Gasteiger partial charge in [0.2, 0.25) is 0 Å². The van der Waals surface area contributed by atoms with Crippen LogP contribution in [0.25, 0.3) is 0 Å². The van der Waals surface area contributed by atoms with Gasteiger partial charge in [-0.25, -0.2) is 0 Å². The van der Waals surface area contributed by atoms with E-state index < -0.39 is 4.92 Å². The summed E-state index contributed by atoms with van der Waals surface area (Å²) >= 11 is 8.63. The molecule has 0 aliphatic carbocycles. The molecule has 104 valence electrons. The zero-order chi connectivity index (χ0) is 14.4. The lowest BCUT2D eigenvalue weighted by Gasteiger charge is -1.98. The third-order valence-corrected chi connectivity index (χ3v) is 4.53. The Morgan fingerprint density at radius 2 is 2.05 bits per heavy atom. The van der Waals surface area contributed by atoms with Crippen LogP contribution in [-0.2, 0) is 0 Å². The van der Waals surface area contributed by atoms with Gasteiger partial charge < -0.3 is 0 Å². The van der Waals surface area contributed by atoms with E-state index >= 15 is 0 Å². The monoisotopic (exact) mass is 326 g/mol. The third-order valence-electron chi connectivity index (χ3n) is 2.31. The van der Waals surface area contributed by atoms with Crippen LogP contribution in [0.4, 0.5) is 5.00 Å². The molecule has 2 rings (SSSR count). The number of aliphatic imine (C=N–C) groups is 1. The molecule has 0 unspecified atom stereocenters. The van der Waals surface area contributed by atoms with Crippen LogP contribution in [0.5, 0.6) is 0 Å². The van der Waals surface area contributed by atoms with E-state index in [1.165, 1.54) is 6.07 Å². The Morgan fingerprint density at radius 1 is 1.30 bits per heavy atom. The first-order valence-electron chi connectivity index (χ1n) is 5.77. The van der Waals surface area contributed by atoms with Crippen LogP contribution in [0.15, 0.2) is 46.3 Å². The molecular formula is C13H11ClN2O2S2. The Hall–Kier alpha value is -1.37. The molecule has 0 aliphatic heterocycles. The average molecular weight is 327 g/mol. The molecule has 20 heavy (non-hydrogen) atoms. The van der Waals surface area contributed by atoms with E-state index in [1.807, 2.05) is 24.3 Å². The fourth-order valence-electron chi connectivity index (χ4n) is 1.41. The summed E-state index contributed by atoms with van der Waals surface area (Å²) in [6.07, 6.45) is 1.68. The van der Waals surface area contributed by atoms with Crippen molar-refractivity contribution in [3.63, 3.8) is 0 Å². The minimum atomic E-state index is -0.390. The molecule has 0 fully saturated rings. The summed E-state index contributed by atoms with van der Waals surface area (Å²) in [4.78, 5) is 16.4. The Balaban J connectivity index is 1.76. The van der Waals surface area contributed by atoms with Gasteiger partial charge in [0.05, 0.1) is 9.80 Å². The number of nitrogens with zero attached hydrogens (tertiary/aromatic N) is 2. The summed E-state index contributed by atoms with van der Waals surface area (Å²) in [5.41, 5.74) is 0. The topological polar surface area (TPSA) is 55.5 Å². The van der Waals surface area contributed by atoms with Crippen LogP contribution < -0.4 is 0 Å². The van der Waals surface area contributed by atoms with Gasteiger partial charge in [-0.3, -0.25) is 15.1 Å². The second-order valence-corrected chi connectivity index (χ2v) is 6.47. The van der Waals surface area contributed by atoms with Gasteiger partial charge in [0.25, 0.3) is 0 Å². The molecule has 0 amide bonds. The maximum absolute atomic E-state index is 10.5. The van der Waals surface area contributed by atoms with Crippen molar-refractivity contribution in [2.24, 2.45) is 4.99 Å². The molecule has 0 spiro atoms. The fourth-order valence-corrected chi connectivity index (χ4v) is 3.01. The molecule has 0 aliphatic rings. The van der Waals surface area contributed by atoms with Gasteiger partial charge in [-0.15, -0.1) is 11.8 Å². The summed E-state index contributed by atoms with van der Waals surface area (Å²) in [7, 11) is 0. The molecule has 2 aromatic rings. The summed E-state index contributed by atoms with van der Waals surface area (Å²) in [5, 5.41) is 11.4. The third kappa shape index (κ3) is 4.63. The van der Waals surface area contributed by atoms with E-state index in [0.29, 0.717) is 6.54 Å². The van der Waals surface area contributed by atoms with Crippen molar-refractivity contribution in [1.82, 2.24) is 0 Å². The molecular weight excluding hydrogens is 316 g/mol. The fraction of sp³-hybridized carbons (Fsp3) is 0.154. The van der Waals surface area contributed by atoms with Gasteiger partial charge in [-0.2, -0.15) is 0 Å². The predicted octanol–water partition coefficient (Wildman–Crippen LogP) is 4.52. The Morgan fingerprint density at radius 3 is 2.70 bits per heavy atom. The standard InChI is InChI=1S/C13H11ClN2O2S2/c14-10-1-3-11(4-2-10)19-8-7-15-9-12-5-6-13(20-12)16(17)18/h1-6,9H,7-8H2. The first-order chi connectivity index (χ1) is 9.65. The van der Waals surface area contributed by atoms with Gasteiger partial charge in [0, 0.05) is 34.5 Å². The highest BCUT2D eigenvalue weighted by molar-refractivity contribution is 7.99. The number of thioether (sulfide) groups is 1. The number of benzene rings is 1. The van der Waals surface area contributed by atoms with Crippen molar-refractivity contribution in [1.29, 1.82) is 0 Å². The van der Waals surface area contributed by atoms with E-state index in [1.54, 1.807) is 24.0 Å². The highest BCUT2D eigenvalue weighted by Gasteiger charge is 2.07. The molecule has 0 atom stereocenters. The number of hydrogen-bond acceptors (Lipinski definition) is 5. The summed E-state index contributed by atoms with van der Waals surface area (Å²) < 4.78 is 0. The highest BCUT2D eigenvalue weighted by Crippen LogP contribution is 2.22. The quantitative estimate of drug-likeness (QED) is 0.258. The van der Waals surface area contributed by atoms with E-state index in [9.17, 15) is 10.1 Å². The average Bonchev–Trinajstić information content (AvgIpc) is 2.89. The molecule has 0 radical (unpaired) electrons. The van der Waals surface area contributed by atoms with Crippen LogP contribution in [-0.4, -0.2) is 23.4 Å². The molecule has 1 aromatic heterocycles. The maximum atomic E-state index is 10.5. The maximum Gasteiger partial charge on any atom is 0.324 e. The van der Waals surface area contributed by atoms with Gasteiger partial charge in [0.15, 0.2) is 0 Å². The lowest BCUT2D eigenvalue weighted by Crippen LogP contribution is -1.86. The van der Waals surface area contributed by atoms with Gasteiger partial charge in [-0.1, -0.05) is 22.9 Å². The van der Waals surface area contributed by atoms with Gasteiger partial charge in [-0.05, 0) is 30.3 Å². The number of thiophene rings is 1. The second-order valence-electron chi connectivity index (χ2n) is 3.77.